The fourth-order valence-corrected chi connectivity index (χ4v) is 3.59. The van der Waals surface area contributed by atoms with Crippen molar-refractivity contribution in [3.05, 3.63) is 65.7 Å². The van der Waals surface area contributed by atoms with E-state index in [2.05, 4.69) is 15.6 Å². The summed E-state index contributed by atoms with van der Waals surface area (Å²) in [5.41, 5.74) is 0.879. The lowest BCUT2D eigenvalue weighted by Gasteiger charge is -2.08. The summed E-state index contributed by atoms with van der Waals surface area (Å²) in [5.74, 6) is -2.46. The van der Waals surface area contributed by atoms with Crippen molar-refractivity contribution in [3.8, 4) is 0 Å². The van der Waals surface area contributed by atoms with Gasteiger partial charge in [0.15, 0.2) is 5.17 Å². The highest BCUT2D eigenvalue weighted by atomic mass is 32.2. The van der Waals surface area contributed by atoms with Crippen molar-refractivity contribution in [2.75, 3.05) is 5.32 Å². The molecule has 0 saturated carbocycles. The quantitative estimate of drug-likeness (QED) is 0.820. The number of carbonyl (C=O) groups excluding carboxylic acids is 2. The number of amides is 2. The maximum absolute atomic E-state index is 13.6. The van der Waals surface area contributed by atoms with Crippen molar-refractivity contribution in [2.24, 2.45) is 4.99 Å². The van der Waals surface area contributed by atoms with Gasteiger partial charge in [0.25, 0.3) is 0 Å². The predicted molar refractivity (Wildman–Crippen MR) is 101 cm³/mol. The fraction of sp³-hybridized carbons (Fsp3) is 0.211. The summed E-state index contributed by atoms with van der Waals surface area (Å²) in [6.45, 7) is 1.91. The Labute approximate surface area is 159 Å². The van der Waals surface area contributed by atoms with Crippen LogP contribution in [-0.4, -0.2) is 22.2 Å². The zero-order chi connectivity index (χ0) is 19.4. The maximum atomic E-state index is 13.6. The molecule has 0 spiro atoms. The average molecular weight is 389 g/mol. The van der Waals surface area contributed by atoms with Gasteiger partial charge in [-0.15, -0.1) is 0 Å². The van der Waals surface area contributed by atoms with Crippen LogP contribution in [0.2, 0.25) is 0 Å². The number of hydrogen-bond donors (Lipinski definition) is 2. The molecule has 1 aliphatic heterocycles. The van der Waals surface area contributed by atoms with Crippen LogP contribution in [0, 0.1) is 11.6 Å². The van der Waals surface area contributed by atoms with Gasteiger partial charge in [-0.1, -0.05) is 42.1 Å². The number of rotatable bonds is 5. The number of thioether (sulfide) groups is 1. The van der Waals surface area contributed by atoms with Crippen LogP contribution in [0.3, 0.4) is 0 Å². The van der Waals surface area contributed by atoms with E-state index in [-0.39, 0.29) is 24.1 Å². The molecule has 27 heavy (non-hydrogen) atoms. The number of benzene rings is 2. The number of halogens is 2. The lowest BCUT2D eigenvalue weighted by Crippen LogP contribution is -2.28. The Morgan fingerprint density at radius 3 is 2.70 bits per heavy atom. The van der Waals surface area contributed by atoms with Gasteiger partial charge in [-0.3, -0.25) is 14.6 Å². The van der Waals surface area contributed by atoms with Crippen molar-refractivity contribution in [1.29, 1.82) is 0 Å². The number of nitrogens with one attached hydrogen (secondary N) is 2. The summed E-state index contributed by atoms with van der Waals surface area (Å²) in [6.07, 6.45) is -0.147. The molecule has 0 bridgehead atoms. The average Bonchev–Trinajstić information content (AvgIpc) is 2.97. The highest BCUT2D eigenvalue weighted by molar-refractivity contribution is 8.15. The molecule has 0 aromatic heterocycles. The lowest BCUT2D eigenvalue weighted by atomic mass is 10.1. The number of nitrogens with zero attached hydrogens (tertiary/aromatic N) is 1. The molecular weight excluding hydrogens is 372 g/mol. The second-order valence-corrected chi connectivity index (χ2v) is 7.18. The van der Waals surface area contributed by atoms with Crippen LogP contribution in [0.25, 0.3) is 0 Å². The summed E-state index contributed by atoms with van der Waals surface area (Å²) in [4.78, 5) is 28.7. The minimum Gasteiger partial charge on any atom is -0.324 e. The number of amidine groups is 1. The second-order valence-electron chi connectivity index (χ2n) is 5.99. The highest BCUT2D eigenvalue weighted by Crippen LogP contribution is 2.26. The molecule has 2 atom stereocenters. The normalized spacial score (nSPS) is 19.0. The van der Waals surface area contributed by atoms with Crippen LogP contribution in [0.5, 0.6) is 0 Å². The third kappa shape index (κ3) is 4.91. The highest BCUT2D eigenvalue weighted by Gasteiger charge is 2.32. The first-order chi connectivity index (χ1) is 12.9. The van der Waals surface area contributed by atoms with Gasteiger partial charge in [0.05, 0.1) is 11.7 Å². The molecule has 2 N–H and O–H groups in total. The Hall–Kier alpha value is -2.74. The van der Waals surface area contributed by atoms with Crippen molar-refractivity contribution in [1.82, 2.24) is 5.32 Å². The first kappa shape index (κ1) is 19.0. The molecule has 5 nitrogen and oxygen atoms in total. The largest absolute Gasteiger partial charge is 0.324 e. The molecule has 8 heteroatoms. The monoisotopic (exact) mass is 389 g/mol. The van der Waals surface area contributed by atoms with Crippen LogP contribution < -0.4 is 10.6 Å². The minimum atomic E-state index is -0.870. The Morgan fingerprint density at radius 2 is 2.00 bits per heavy atom. The van der Waals surface area contributed by atoms with E-state index < -0.39 is 22.8 Å². The molecular formula is C19H17F2N3O2S. The van der Waals surface area contributed by atoms with Gasteiger partial charge in [0.1, 0.15) is 16.9 Å². The van der Waals surface area contributed by atoms with E-state index in [0.29, 0.717) is 11.2 Å². The van der Waals surface area contributed by atoms with Gasteiger partial charge in [0.2, 0.25) is 11.8 Å². The molecule has 2 amide bonds. The first-order valence-electron chi connectivity index (χ1n) is 8.27. The van der Waals surface area contributed by atoms with E-state index in [1.54, 1.807) is 0 Å². The third-order valence-corrected chi connectivity index (χ3v) is 5.04. The van der Waals surface area contributed by atoms with Crippen LogP contribution >= 0.6 is 11.8 Å². The summed E-state index contributed by atoms with van der Waals surface area (Å²) in [6, 6.07) is 12.3. The summed E-state index contributed by atoms with van der Waals surface area (Å²) < 4.78 is 26.5. The molecule has 0 radical (unpaired) electrons. The Balaban J connectivity index is 1.60. The molecule has 0 aliphatic carbocycles. The van der Waals surface area contributed by atoms with Gasteiger partial charge < -0.3 is 10.6 Å². The lowest BCUT2D eigenvalue weighted by molar-refractivity contribution is -0.122. The first-order valence-corrected chi connectivity index (χ1v) is 9.15. The number of anilines is 1. The van der Waals surface area contributed by atoms with E-state index in [4.69, 9.17) is 0 Å². The van der Waals surface area contributed by atoms with Gasteiger partial charge in [-0.25, -0.2) is 8.78 Å². The Morgan fingerprint density at radius 1 is 1.26 bits per heavy atom. The van der Waals surface area contributed by atoms with Crippen molar-refractivity contribution < 1.29 is 18.4 Å². The smallest absolute Gasteiger partial charge is 0.240 e. The second kappa shape index (κ2) is 8.30. The van der Waals surface area contributed by atoms with Crippen molar-refractivity contribution in [3.63, 3.8) is 0 Å². The molecule has 140 valence electrons. The van der Waals surface area contributed by atoms with E-state index in [0.717, 1.165) is 29.5 Å². The van der Waals surface area contributed by atoms with Gasteiger partial charge in [0, 0.05) is 12.5 Å². The molecule has 2 aromatic carbocycles. The Kier molecular flexibility index (Phi) is 5.85. The molecule has 2 aromatic rings. The summed E-state index contributed by atoms with van der Waals surface area (Å²) in [7, 11) is 0. The molecule has 1 fully saturated rings. The zero-order valence-corrected chi connectivity index (χ0v) is 15.2. The van der Waals surface area contributed by atoms with Crippen LogP contribution in [0.15, 0.2) is 53.5 Å². The fourth-order valence-electron chi connectivity index (χ4n) is 2.54. The van der Waals surface area contributed by atoms with Gasteiger partial charge in [-0.05, 0) is 24.6 Å². The van der Waals surface area contributed by atoms with E-state index in [1.807, 2.05) is 37.3 Å². The third-order valence-electron chi connectivity index (χ3n) is 3.95. The zero-order valence-electron chi connectivity index (χ0n) is 14.4. The number of hydrogen-bond acceptors (Lipinski definition) is 4. The number of carbonyl (C=O) groups is 2. The van der Waals surface area contributed by atoms with Crippen molar-refractivity contribution in [2.45, 2.75) is 24.6 Å². The van der Waals surface area contributed by atoms with Crippen LogP contribution in [0.4, 0.5) is 14.5 Å². The predicted octanol–water partition coefficient (Wildman–Crippen LogP) is 3.64. The molecule has 3 rings (SSSR count). The maximum Gasteiger partial charge on any atom is 0.240 e. The molecule has 1 aliphatic rings. The van der Waals surface area contributed by atoms with Gasteiger partial charge >= 0.3 is 0 Å². The summed E-state index contributed by atoms with van der Waals surface area (Å²) >= 11 is 1.16. The van der Waals surface area contributed by atoms with Crippen molar-refractivity contribution >= 4 is 34.4 Å². The Bertz CT molecular complexity index is 890. The SMILES string of the molecule is C[C@H](N=C1NC(=O)[C@@H](CC(=O)Nc2ccc(F)cc2F)S1)c1ccccc1. The summed E-state index contributed by atoms with van der Waals surface area (Å²) in [5, 5.41) is 4.80. The van der Waals surface area contributed by atoms with Gasteiger partial charge in [-0.2, -0.15) is 0 Å². The molecule has 0 unspecified atom stereocenters. The van der Waals surface area contributed by atoms with E-state index in [1.165, 1.54) is 0 Å². The van der Waals surface area contributed by atoms with E-state index >= 15 is 0 Å². The van der Waals surface area contributed by atoms with Crippen LogP contribution in [0.1, 0.15) is 24.9 Å². The topological polar surface area (TPSA) is 70.6 Å². The minimum absolute atomic E-state index is 0.128. The number of aliphatic imine (C=N–C) groups is 1. The van der Waals surface area contributed by atoms with E-state index in [9.17, 15) is 18.4 Å². The van der Waals surface area contributed by atoms with Crippen LogP contribution in [-0.2, 0) is 9.59 Å². The standard InChI is InChI=1S/C19H17F2N3O2S/c1-11(12-5-3-2-4-6-12)22-19-24-18(26)16(27-19)10-17(25)23-15-8-7-13(20)9-14(15)21/h2-9,11,16H,10H2,1H3,(H,23,25)(H,22,24,26)/t11-,16+/m0/s1. The molecule has 1 saturated heterocycles. The molecule has 1 heterocycles.